The molecule has 0 aliphatic rings. The number of rotatable bonds is 1. The summed E-state index contributed by atoms with van der Waals surface area (Å²) in [5.41, 5.74) is 0.442. The van der Waals surface area contributed by atoms with Gasteiger partial charge in [-0.3, -0.25) is 0 Å². The zero-order chi connectivity index (χ0) is 6.81. The maximum atomic E-state index is 4.65. The van der Waals surface area contributed by atoms with Gasteiger partial charge in [0.25, 0.3) is 5.89 Å². The van der Waals surface area contributed by atoms with E-state index in [0.29, 0.717) is 11.6 Å². The van der Waals surface area contributed by atoms with Crippen LogP contribution in [0.4, 0.5) is 0 Å². The smallest absolute Gasteiger partial charge is 0.281 e. The Kier molecular flexibility index (Phi) is 0.970. The Hall–Kier alpha value is -1.72. The third kappa shape index (κ3) is 0.661. The highest BCUT2D eigenvalue weighted by Crippen LogP contribution is 2.09. The van der Waals surface area contributed by atoms with Crippen molar-refractivity contribution in [3.05, 3.63) is 12.5 Å². The van der Waals surface area contributed by atoms with Gasteiger partial charge in [0.2, 0.25) is 0 Å². The minimum absolute atomic E-state index is 0.307. The summed E-state index contributed by atoms with van der Waals surface area (Å²) < 4.78 is 8.96. The van der Waals surface area contributed by atoms with E-state index in [9.17, 15) is 0 Å². The first-order valence-corrected chi connectivity index (χ1v) is 2.51. The SMILES string of the molecule is c1noc(-c2cnon2)n1. The zero-order valence-electron chi connectivity index (χ0n) is 4.76. The van der Waals surface area contributed by atoms with E-state index >= 15 is 0 Å². The van der Waals surface area contributed by atoms with Crippen molar-refractivity contribution in [3.8, 4) is 11.6 Å². The standard InChI is InChI=1S/C4H2N4O2/c1-3(8-10-6-1)4-5-2-7-9-4/h1-2H. The molecule has 2 aromatic rings. The second-order valence-corrected chi connectivity index (χ2v) is 1.54. The Balaban J connectivity index is 2.48. The predicted octanol–water partition coefficient (Wildman–Crippen LogP) is 0.120. The predicted molar refractivity (Wildman–Crippen MR) is 27.6 cm³/mol. The summed E-state index contributed by atoms with van der Waals surface area (Å²) in [6, 6.07) is 0. The Morgan fingerprint density at radius 2 is 2.30 bits per heavy atom. The maximum Gasteiger partial charge on any atom is 0.281 e. The number of nitrogens with zero attached hydrogens (tertiary/aromatic N) is 4. The van der Waals surface area contributed by atoms with Gasteiger partial charge in [-0.15, -0.1) is 0 Å². The van der Waals surface area contributed by atoms with E-state index in [1.54, 1.807) is 0 Å². The molecule has 0 saturated heterocycles. The first kappa shape index (κ1) is 5.10. The third-order valence-electron chi connectivity index (χ3n) is 0.942. The van der Waals surface area contributed by atoms with Crippen LogP contribution in [0.2, 0.25) is 0 Å². The number of hydrogen-bond donors (Lipinski definition) is 0. The van der Waals surface area contributed by atoms with Gasteiger partial charge >= 0.3 is 0 Å². The lowest BCUT2D eigenvalue weighted by atomic mass is 10.5. The van der Waals surface area contributed by atoms with Gasteiger partial charge in [-0.2, -0.15) is 4.98 Å². The van der Waals surface area contributed by atoms with Crippen LogP contribution < -0.4 is 0 Å². The van der Waals surface area contributed by atoms with Crippen LogP contribution in [0.1, 0.15) is 0 Å². The molecule has 0 radical (unpaired) electrons. The van der Waals surface area contributed by atoms with Gasteiger partial charge in [0.05, 0.1) is 0 Å². The molecule has 2 aromatic heterocycles. The van der Waals surface area contributed by atoms with Crippen LogP contribution in [0.5, 0.6) is 0 Å². The molecule has 0 spiro atoms. The molecule has 10 heavy (non-hydrogen) atoms. The largest absolute Gasteiger partial charge is 0.332 e. The Morgan fingerprint density at radius 1 is 1.30 bits per heavy atom. The van der Waals surface area contributed by atoms with Crippen molar-refractivity contribution < 1.29 is 9.15 Å². The van der Waals surface area contributed by atoms with Gasteiger partial charge in [-0.1, -0.05) is 10.3 Å². The highest BCUT2D eigenvalue weighted by Gasteiger charge is 2.06. The summed E-state index contributed by atoms with van der Waals surface area (Å²) in [7, 11) is 0. The van der Waals surface area contributed by atoms with E-state index in [2.05, 4.69) is 29.6 Å². The number of aromatic nitrogens is 4. The van der Waals surface area contributed by atoms with E-state index < -0.39 is 0 Å². The van der Waals surface area contributed by atoms with Gasteiger partial charge < -0.3 is 4.52 Å². The minimum Gasteiger partial charge on any atom is -0.332 e. The van der Waals surface area contributed by atoms with Crippen molar-refractivity contribution in [1.29, 1.82) is 0 Å². The molecule has 6 heteroatoms. The lowest BCUT2D eigenvalue weighted by molar-refractivity contribution is 0.306. The van der Waals surface area contributed by atoms with E-state index in [-0.39, 0.29) is 0 Å². The molecule has 2 heterocycles. The highest BCUT2D eigenvalue weighted by atomic mass is 16.6. The number of hydrogen-bond acceptors (Lipinski definition) is 6. The summed E-state index contributed by atoms with van der Waals surface area (Å²) >= 11 is 0. The van der Waals surface area contributed by atoms with Crippen LogP contribution in [0.25, 0.3) is 11.6 Å². The van der Waals surface area contributed by atoms with Crippen LogP contribution >= 0.6 is 0 Å². The van der Waals surface area contributed by atoms with Gasteiger partial charge in [-0.05, 0) is 5.16 Å². The molecule has 0 amide bonds. The van der Waals surface area contributed by atoms with Crippen LogP contribution in [0, 0.1) is 0 Å². The fourth-order valence-corrected chi connectivity index (χ4v) is 0.545. The molecule has 2 rings (SSSR count). The van der Waals surface area contributed by atoms with E-state index in [0.717, 1.165) is 0 Å². The fourth-order valence-electron chi connectivity index (χ4n) is 0.545. The van der Waals surface area contributed by atoms with Crippen LogP contribution in [-0.4, -0.2) is 20.5 Å². The van der Waals surface area contributed by atoms with Crippen molar-refractivity contribution in [2.75, 3.05) is 0 Å². The second kappa shape index (κ2) is 1.90. The third-order valence-corrected chi connectivity index (χ3v) is 0.942. The van der Waals surface area contributed by atoms with Crippen LogP contribution in [0.15, 0.2) is 21.7 Å². The molecule has 0 aliphatic carbocycles. The molecule has 50 valence electrons. The van der Waals surface area contributed by atoms with Crippen molar-refractivity contribution in [3.63, 3.8) is 0 Å². The first-order chi connectivity index (χ1) is 4.97. The molecule has 0 aliphatic heterocycles. The minimum atomic E-state index is 0.307. The van der Waals surface area contributed by atoms with E-state index in [1.165, 1.54) is 12.5 Å². The van der Waals surface area contributed by atoms with E-state index in [1.807, 2.05) is 0 Å². The zero-order valence-corrected chi connectivity index (χ0v) is 4.76. The van der Waals surface area contributed by atoms with Gasteiger partial charge in [-0.25, -0.2) is 4.63 Å². The molecule has 6 nitrogen and oxygen atoms in total. The second-order valence-electron chi connectivity index (χ2n) is 1.54. The summed E-state index contributed by atoms with van der Waals surface area (Å²) in [5.74, 6) is 0.307. The van der Waals surface area contributed by atoms with Gasteiger partial charge in [0.15, 0.2) is 12.0 Å². The molecular weight excluding hydrogens is 136 g/mol. The quantitative estimate of drug-likeness (QED) is 0.556. The summed E-state index contributed by atoms with van der Waals surface area (Å²) in [6.07, 6.45) is 2.68. The molecule has 0 aromatic carbocycles. The average Bonchev–Trinajstić information content (AvgIpc) is 2.59. The Bertz CT molecular complexity index is 255. The summed E-state index contributed by atoms with van der Waals surface area (Å²) in [4.78, 5) is 3.72. The molecular formula is C4H2N4O2. The van der Waals surface area contributed by atoms with Crippen molar-refractivity contribution in [2.45, 2.75) is 0 Å². The Morgan fingerprint density at radius 3 is 2.90 bits per heavy atom. The molecule has 0 N–H and O–H groups in total. The van der Waals surface area contributed by atoms with Crippen LogP contribution in [0.3, 0.4) is 0 Å². The van der Waals surface area contributed by atoms with Crippen LogP contribution in [-0.2, 0) is 0 Å². The van der Waals surface area contributed by atoms with Gasteiger partial charge in [0.1, 0.15) is 6.20 Å². The molecule has 0 atom stereocenters. The summed E-state index contributed by atoms with van der Waals surface area (Å²) in [6.45, 7) is 0. The molecule has 0 bridgehead atoms. The lowest BCUT2D eigenvalue weighted by Gasteiger charge is -1.75. The normalized spacial score (nSPS) is 10.0. The monoisotopic (exact) mass is 138 g/mol. The van der Waals surface area contributed by atoms with Crippen molar-refractivity contribution in [2.24, 2.45) is 0 Å². The highest BCUT2D eigenvalue weighted by molar-refractivity contribution is 5.41. The van der Waals surface area contributed by atoms with Crippen molar-refractivity contribution in [1.82, 2.24) is 20.5 Å². The molecule has 0 fully saturated rings. The molecule has 0 saturated carbocycles. The lowest BCUT2D eigenvalue weighted by Crippen LogP contribution is -1.73. The maximum absolute atomic E-state index is 4.65. The summed E-state index contributed by atoms with van der Waals surface area (Å²) in [5, 5.41) is 10.2. The van der Waals surface area contributed by atoms with E-state index in [4.69, 9.17) is 0 Å². The molecule has 0 unspecified atom stereocenters. The van der Waals surface area contributed by atoms with Crippen molar-refractivity contribution >= 4 is 0 Å². The van der Waals surface area contributed by atoms with Gasteiger partial charge in [0, 0.05) is 0 Å². The first-order valence-electron chi connectivity index (χ1n) is 2.51. The topological polar surface area (TPSA) is 77.8 Å². The Labute approximate surface area is 54.8 Å². The fraction of sp³-hybridized carbons (Fsp3) is 0. The average molecular weight is 138 g/mol.